The molecule has 4 N–H and O–H groups in total. The van der Waals surface area contributed by atoms with Gasteiger partial charge in [-0.3, -0.25) is 14.5 Å². The molecule has 2 rings (SSSR count). The lowest BCUT2D eigenvalue weighted by Gasteiger charge is -2.19. The van der Waals surface area contributed by atoms with Crippen LogP contribution in [0.2, 0.25) is 0 Å². The highest BCUT2D eigenvalue weighted by molar-refractivity contribution is 5.87. The maximum atomic E-state index is 11.9. The van der Waals surface area contributed by atoms with E-state index in [1.807, 2.05) is 13.8 Å². The summed E-state index contributed by atoms with van der Waals surface area (Å²) in [5, 5.41) is 5.40. The van der Waals surface area contributed by atoms with Gasteiger partial charge in [0, 0.05) is 13.1 Å². The van der Waals surface area contributed by atoms with Gasteiger partial charge in [0.15, 0.2) is 0 Å². The van der Waals surface area contributed by atoms with Crippen LogP contribution in [0.4, 0.5) is 0 Å². The highest BCUT2D eigenvalue weighted by atomic mass is 16.2. The summed E-state index contributed by atoms with van der Waals surface area (Å²) in [4.78, 5) is 26.2. The number of hydrogen-bond acceptors (Lipinski definition) is 4. The van der Waals surface area contributed by atoms with Crippen LogP contribution >= 0.6 is 0 Å². The fourth-order valence-electron chi connectivity index (χ4n) is 3.17. The number of nitrogens with zero attached hydrogens (tertiary/aromatic N) is 1. The molecule has 1 aliphatic heterocycles. The number of likely N-dealkylation sites (tertiary alicyclic amines) is 1. The largest absolute Gasteiger partial charge is 0.350 e. The molecule has 27 heavy (non-hydrogen) atoms. The minimum Gasteiger partial charge on any atom is -0.350 e. The van der Waals surface area contributed by atoms with Crippen molar-refractivity contribution in [3.63, 3.8) is 0 Å². The highest BCUT2D eigenvalue weighted by Crippen LogP contribution is 2.13. The Hall–Kier alpha value is -1.92. The van der Waals surface area contributed by atoms with E-state index < -0.39 is 6.04 Å². The summed E-state index contributed by atoms with van der Waals surface area (Å²) in [5.41, 5.74) is 8.11. The summed E-state index contributed by atoms with van der Waals surface area (Å²) in [6, 6.07) is 7.79. The van der Waals surface area contributed by atoms with Crippen LogP contribution in [0, 0.1) is 5.92 Å². The molecule has 1 atom stereocenters. The first-order chi connectivity index (χ1) is 13.0. The second-order valence-corrected chi connectivity index (χ2v) is 7.77. The van der Waals surface area contributed by atoms with Gasteiger partial charge in [0.25, 0.3) is 0 Å². The van der Waals surface area contributed by atoms with E-state index in [1.54, 1.807) is 0 Å². The van der Waals surface area contributed by atoms with Crippen LogP contribution < -0.4 is 16.4 Å². The summed E-state index contributed by atoms with van der Waals surface area (Å²) in [5.74, 6) is -0.466. The topological polar surface area (TPSA) is 87.5 Å². The zero-order chi connectivity index (χ0) is 19.6. The van der Waals surface area contributed by atoms with Crippen LogP contribution in [0.25, 0.3) is 0 Å². The van der Waals surface area contributed by atoms with Gasteiger partial charge >= 0.3 is 0 Å². The van der Waals surface area contributed by atoms with E-state index in [0.717, 1.165) is 12.1 Å². The lowest BCUT2D eigenvalue weighted by Crippen LogP contribution is -2.47. The first kappa shape index (κ1) is 21.4. The summed E-state index contributed by atoms with van der Waals surface area (Å²) in [7, 11) is 0. The number of rotatable bonds is 8. The number of amides is 2. The van der Waals surface area contributed by atoms with Gasteiger partial charge in [0.2, 0.25) is 11.8 Å². The van der Waals surface area contributed by atoms with Crippen molar-refractivity contribution in [2.75, 3.05) is 19.6 Å². The zero-order valence-electron chi connectivity index (χ0n) is 16.7. The Morgan fingerprint density at radius 3 is 2.19 bits per heavy atom. The van der Waals surface area contributed by atoms with Gasteiger partial charge in [0.05, 0.1) is 12.6 Å². The molecule has 150 valence electrons. The Bertz CT molecular complexity index is 593. The smallest absolute Gasteiger partial charge is 0.239 e. The summed E-state index contributed by atoms with van der Waals surface area (Å²) in [6.45, 7) is 7.52. The van der Waals surface area contributed by atoms with Crippen LogP contribution in [0.1, 0.15) is 50.7 Å². The van der Waals surface area contributed by atoms with Gasteiger partial charge in [-0.05, 0) is 43.0 Å². The second kappa shape index (κ2) is 11.0. The lowest BCUT2D eigenvalue weighted by molar-refractivity contribution is -0.127. The molecule has 2 amide bonds. The molecule has 6 heteroatoms. The third-order valence-electron chi connectivity index (χ3n) is 5.06. The van der Waals surface area contributed by atoms with Gasteiger partial charge in [0.1, 0.15) is 0 Å². The number of benzene rings is 1. The third kappa shape index (κ3) is 7.69. The monoisotopic (exact) mass is 374 g/mol. The molecule has 1 aliphatic rings. The summed E-state index contributed by atoms with van der Waals surface area (Å²) < 4.78 is 0. The van der Waals surface area contributed by atoms with Crippen molar-refractivity contribution in [2.24, 2.45) is 11.7 Å². The predicted molar refractivity (Wildman–Crippen MR) is 108 cm³/mol. The van der Waals surface area contributed by atoms with E-state index >= 15 is 0 Å². The number of carbonyl (C=O) groups excluding carboxylic acids is 2. The maximum absolute atomic E-state index is 11.9. The average Bonchev–Trinajstić information content (AvgIpc) is 2.93. The van der Waals surface area contributed by atoms with Crippen LogP contribution in [0.3, 0.4) is 0 Å². The minimum atomic E-state index is -0.588. The summed E-state index contributed by atoms with van der Waals surface area (Å²) in [6.07, 6.45) is 5.28. The van der Waals surface area contributed by atoms with Gasteiger partial charge in [-0.1, -0.05) is 51.0 Å². The fourth-order valence-corrected chi connectivity index (χ4v) is 3.17. The molecule has 1 aromatic rings. The lowest BCUT2D eigenvalue weighted by atomic mass is 10.1. The molecule has 0 radical (unpaired) electrons. The fraction of sp³-hybridized carbons (Fsp3) is 0.619. The molecule has 1 aromatic carbocycles. The van der Waals surface area contributed by atoms with Crippen molar-refractivity contribution in [2.45, 2.75) is 58.7 Å². The Morgan fingerprint density at radius 1 is 1.00 bits per heavy atom. The second-order valence-electron chi connectivity index (χ2n) is 7.77. The standard InChI is InChI=1S/C21H34N4O2/c1-16(2)20(22)21(27)24-14-19(26)23-13-17-7-9-18(10-8-17)15-25-11-5-3-4-6-12-25/h7-10,16,20H,3-6,11-15,22H2,1-2H3,(H,23,26)(H,24,27)/t20-/m0/s1. The summed E-state index contributed by atoms with van der Waals surface area (Å²) >= 11 is 0. The van der Waals surface area contributed by atoms with Crippen molar-refractivity contribution < 1.29 is 9.59 Å². The number of nitrogens with two attached hydrogens (primary N) is 1. The molecule has 1 heterocycles. The van der Waals surface area contributed by atoms with Crippen LogP contribution in [0.15, 0.2) is 24.3 Å². The van der Waals surface area contributed by atoms with Gasteiger partial charge in [-0.15, -0.1) is 0 Å². The normalized spacial score (nSPS) is 16.6. The minimum absolute atomic E-state index is 0.0425. The number of hydrogen-bond donors (Lipinski definition) is 3. The molecule has 1 fully saturated rings. The molecular weight excluding hydrogens is 340 g/mol. The van der Waals surface area contributed by atoms with Crippen molar-refractivity contribution in [1.29, 1.82) is 0 Å². The molecule has 0 saturated carbocycles. The van der Waals surface area contributed by atoms with Crippen LogP contribution in [-0.4, -0.2) is 42.4 Å². The van der Waals surface area contributed by atoms with Crippen molar-refractivity contribution in [1.82, 2.24) is 15.5 Å². The average molecular weight is 375 g/mol. The quantitative estimate of drug-likeness (QED) is 0.647. The Labute approximate surface area is 162 Å². The van der Waals surface area contributed by atoms with Gasteiger partial charge in [-0.25, -0.2) is 0 Å². The maximum Gasteiger partial charge on any atom is 0.239 e. The van der Waals surface area contributed by atoms with Crippen molar-refractivity contribution in [3.8, 4) is 0 Å². The molecule has 0 bridgehead atoms. The SMILES string of the molecule is CC(C)[C@H](N)C(=O)NCC(=O)NCc1ccc(CN2CCCCCC2)cc1. The Kier molecular flexibility index (Phi) is 8.75. The Balaban J connectivity index is 1.71. The first-order valence-electron chi connectivity index (χ1n) is 10.1. The van der Waals surface area contributed by atoms with Gasteiger partial charge in [-0.2, -0.15) is 0 Å². The highest BCUT2D eigenvalue weighted by Gasteiger charge is 2.17. The third-order valence-corrected chi connectivity index (χ3v) is 5.06. The van der Waals surface area contributed by atoms with Crippen LogP contribution in [0.5, 0.6) is 0 Å². The van der Waals surface area contributed by atoms with E-state index in [1.165, 1.54) is 44.3 Å². The van der Waals surface area contributed by atoms with E-state index in [0.29, 0.717) is 6.54 Å². The number of carbonyl (C=O) groups is 2. The molecule has 6 nitrogen and oxygen atoms in total. The first-order valence-corrected chi connectivity index (χ1v) is 10.1. The van der Waals surface area contributed by atoms with E-state index in [9.17, 15) is 9.59 Å². The van der Waals surface area contributed by atoms with E-state index in [-0.39, 0.29) is 24.3 Å². The van der Waals surface area contributed by atoms with Crippen molar-refractivity contribution in [3.05, 3.63) is 35.4 Å². The molecular formula is C21H34N4O2. The van der Waals surface area contributed by atoms with E-state index in [4.69, 9.17) is 5.73 Å². The number of nitrogens with one attached hydrogen (secondary N) is 2. The van der Waals surface area contributed by atoms with E-state index in [2.05, 4.69) is 39.8 Å². The molecule has 0 spiro atoms. The Morgan fingerprint density at radius 2 is 1.59 bits per heavy atom. The predicted octanol–water partition coefficient (Wildman–Crippen LogP) is 1.78. The molecule has 0 aliphatic carbocycles. The van der Waals surface area contributed by atoms with Crippen molar-refractivity contribution >= 4 is 11.8 Å². The molecule has 0 unspecified atom stereocenters. The van der Waals surface area contributed by atoms with Gasteiger partial charge < -0.3 is 16.4 Å². The molecule has 1 saturated heterocycles. The van der Waals surface area contributed by atoms with Crippen LogP contribution in [-0.2, 0) is 22.7 Å². The zero-order valence-corrected chi connectivity index (χ0v) is 16.7. The molecule has 0 aromatic heterocycles.